The molecule has 3 rings (SSSR count). The number of rotatable bonds is 6. The zero-order chi connectivity index (χ0) is 23.5. The summed E-state index contributed by atoms with van der Waals surface area (Å²) in [5.74, 6) is 0. The van der Waals surface area contributed by atoms with E-state index in [1.807, 2.05) is 0 Å². The first-order valence-corrected chi connectivity index (χ1v) is 10.7. The Labute approximate surface area is 194 Å². The van der Waals surface area contributed by atoms with Crippen LogP contribution < -0.4 is 5.32 Å². The number of alkyl halides is 3. The molecule has 0 bridgehead atoms. The molecule has 10 heteroatoms. The van der Waals surface area contributed by atoms with Gasteiger partial charge in [-0.1, -0.05) is 46.6 Å². The van der Waals surface area contributed by atoms with Gasteiger partial charge in [-0.15, -0.1) is 0 Å². The number of benzene rings is 2. The summed E-state index contributed by atoms with van der Waals surface area (Å²) < 4.78 is 39.2. The summed E-state index contributed by atoms with van der Waals surface area (Å²) in [5.41, 5.74) is 0.999. The summed E-state index contributed by atoms with van der Waals surface area (Å²) in [5, 5.41) is 7.68. The van der Waals surface area contributed by atoms with Crippen molar-refractivity contribution in [2.75, 3.05) is 6.54 Å². The molecule has 0 saturated heterocycles. The summed E-state index contributed by atoms with van der Waals surface area (Å²) in [7, 11) is 0. The van der Waals surface area contributed by atoms with Crippen LogP contribution in [-0.4, -0.2) is 35.3 Å². The first-order valence-electron chi connectivity index (χ1n) is 9.92. The molecule has 1 heterocycles. The number of urea groups is 1. The van der Waals surface area contributed by atoms with Gasteiger partial charge >= 0.3 is 12.2 Å². The number of hydrogen-bond donors (Lipinski definition) is 1. The highest BCUT2D eigenvalue weighted by Gasteiger charge is 2.31. The van der Waals surface area contributed by atoms with Crippen LogP contribution in [0, 0.1) is 0 Å². The molecule has 32 heavy (non-hydrogen) atoms. The summed E-state index contributed by atoms with van der Waals surface area (Å²) in [4.78, 5) is 19.7. The van der Waals surface area contributed by atoms with Crippen molar-refractivity contribution in [3.63, 3.8) is 0 Å². The Balaban J connectivity index is 1.73. The van der Waals surface area contributed by atoms with E-state index in [-0.39, 0.29) is 19.1 Å². The molecule has 172 valence electrons. The molecule has 5 nitrogen and oxygen atoms in total. The number of carbonyl (C=O) groups is 1. The third-order valence-electron chi connectivity index (χ3n) is 4.74. The lowest BCUT2D eigenvalue weighted by Crippen LogP contribution is -2.45. The molecule has 0 aliphatic carbocycles. The largest absolute Gasteiger partial charge is 0.416 e. The third-order valence-corrected chi connectivity index (χ3v) is 5.48. The van der Waals surface area contributed by atoms with E-state index < -0.39 is 23.9 Å². The van der Waals surface area contributed by atoms with Gasteiger partial charge in [0.2, 0.25) is 0 Å². The molecular weight excluding hydrogens is 466 g/mol. The third kappa shape index (κ3) is 6.29. The fraction of sp³-hybridized carbons (Fsp3) is 0.364. The van der Waals surface area contributed by atoms with Crippen LogP contribution in [-0.2, 0) is 17.6 Å². The Kier molecular flexibility index (Phi) is 7.56. The van der Waals surface area contributed by atoms with Gasteiger partial charge in [0.1, 0.15) is 0 Å². The van der Waals surface area contributed by atoms with E-state index >= 15 is 0 Å². The molecule has 1 N–H and O–H groups in total. The van der Waals surface area contributed by atoms with Gasteiger partial charge in [-0.3, -0.25) is 0 Å². The molecule has 2 aromatic carbocycles. The Morgan fingerprint density at radius 3 is 2.62 bits per heavy atom. The maximum atomic E-state index is 13.1. The van der Waals surface area contributed by atoms with Crippen molar-refractivity contribution >= 4 is 34.9 Å². The van der Waals surface area contributed by atoms with Gasteiger partial charge in [0, 0.05) is 24.6 Å². The zero-order valence-electron chi connectivity index (χ0n) is 17.4. The highest BCUT2D eigenvalue weighted by atomic mass is 35.5. The molecular formula is C22H22Cl2F3N3O2. The van der Waals surface area contributed by atoms with E-state index in [0.29, 0.717) is 27.7 Å². The van der Waals surface area contributed by atoms with Crippen molar-refractivity contribution in [1.82, 2.24) is 10.2 Å². The molecule has 2 aromatic rings. The van der Waals surface area contributed by atoms with Gasteiger partial charge in [-0.25, -0.2) is 4.79 Å². The van der Waals surface area contributed by atoms with E-state index in [4.69, 9.17) is 28.0 Å². The van der Waals surface area contributed by atoms with Crippen LogP contribution in [0.4, 0.5) is 18.0 Å². The first-order chi connectivity index (χ1) is 15.0. The van der Waals surface area contributed by atoms with Crippen molar-refractivity contribution in [2.24, 2.45) is 5.16 Å². The van der Waals surface area contributed by atoms with Gasteiger partial charge in [0.05, 0.1) is 27.9 Å². The molecule has 0 saturated carbocycles. The average Bonchev–Trinajstić information content (AvgIpc) is 3.17. The lowest BCUT2D eigenvalue weighted by atomic mass is 10.0. The SMILES string of the molecule is CC(C)NC(=O)N(Cc1cccc(C(F)(F)F)c1)C[C@H]1CC(c2ccc(Cl)c(Cl)c2)=NO1. The second kappa shape index (κ2) is 10.0. The number of nitrogens with zero attached hydrogens (tertiary/aromatic N) is 2. The average molecular weight is 488 g/mol. The molecule has 0 radical (unpaired) electrons. The maximum Gasteiger partial charge on any atom is 0.416 e. The van der Waals surface area contributed by atoms with E-state index in [0.717, 1.165) is 17.7 Å². The van der Waals surface area contributed by atoms with Crippen LogP contribution in [0.5, 0.6) is 0 Å². The van der Waals surface area contributed by atoms with Gasteiger partial charge < -0.3 is 15.1 Å². The van der Waals surface area contributed by atoms with Crippen molar-refractivity contribution in [1.29, 1.82) is 0 Å². The van der Waals surface area contributed by atoms with Gasteiger partial charge in [0.25, 0.3) is 0 Å². The van der Waals surface area contributed by atoms with Crippen LogP contribution in [0.2, 0.25) is 10.0 Å². The van der Waals surface area contributed by atoms with Crippen molar-refractivity contribution < 1.29 is 22.8 Å². The smallest absolute Gasteiger partial charge is 0.390 e. The summed E-state index contributed by atoms with van der Waals surface area (Å²) in [6.45, 7) is 3.74. The number of halogens is 5. The fourth-order valence-corrected chi connectivity index (χ4v) is 3.54. The van der Waals surface area contributed by atoms with E-state index in [2.05, 4.69) is 10.5 Å². The van der Waals surface area contributed by atoms with Crippen LogP contribution in [0.3, 0.4) is 0 Å². The molecule has 0 fully saturated rings. The monoisotopic (exact) mass is 487 g/mol. The Morgan fingerprint density at radius 2 is 1.97 bits per heavy atom. The second-order valence-electron chi connectivity index (χ2n) is 7.78. The molecule has 0 unspecified atom stereocenters. The number of nitrogens with one attached hydrogen (secondary N) is 1. The zero-order valence-corrected chi connectivity index (χ0v) is 18.9. The number of hydrogen-bond acceptors (Lipinski definition) is 3. The Morgan fingerprint density at radius 1 is 1.22 bits per heavy atom. The predicted molar refractivity (Wildman–Crippen MR) is 118 cm³/mol. The van der Waals surface area contributed by atoms with Crippen LogP contribution in [0.25, 0.3) is 0 Å². The highest BCUT2D eigenvalue weighted by molar-refractivity contribution is 6.42. The minimum Gasteiger partial charge on any atom is -0.390 e. The van der Waals surface area contributed by atoms with Crippen molar-refractivity contribution in [2.45, 2.75) is 45.1 Å². The maximum absolute atomic E-state index is 13.1. The van der Waals surface area contributed by atoms with E-state index in [1.165, 1.54) is 11.0 Å². The standard InChI is InChI=1S/C22H22Cl2F3N3O2/c1-13(2)28-21(31)30(11-14-4-3-5-16(8-14)22(25,26)27)12-17-10-20(29-32-17)15-6-7-18(23)19(24)9-15/h3-9,13,17H,10-12H2,1-2H3,(H,28,31)/t17-/m1/s1. The van der Waals surface area contributed by atoms with Crippen molar-refractivity contribution in [3.05, 3.63) is 69.2 Å². The summed E-state index contributed by atoms with van der Waals surface area (Å²) >= 11 is 12.0. The second-order valence-corrected chi connectivity index (χ2v) is 8.60. The van der Waals surface area contributed by atoms with Crippen LogP contribution in [0.1, 0.15) is 37.0 Å². The topological polar surface area (TPSA) is 53.9 Å². The minimum absolute atomic E-state index is 0.00948. The molecule has 0 spiro atoms. The molecule has 1 atom stereocenters. The van der Waals surface area contributed by atoms with Crippen molar-refractivity contribution in [3.8, 4) is 0 Å². The quantitative estimate of drug-likeness (QED) is 0.532. The van der Waals surface area contributed by atoms with E-state index in [1.54, 1.807) is 38.1 Å². The Bertz CT molecular complexity index is 1010. The minimum atomic E-state index is -4.46. The van der Waals surface area contributed by atoms with E-state index in [9.17, 15) is 18.0 Å². The first kappa shape index (κ1) is 24.2. The number of amides is 2. The van der Waals surface area contributed by atoms with Crippen LogP contribution in [0.15, 0.2) is 47.6 Å². The predicted octanol–water partition coefficient (Wildman–Crippen LogP) is 6.13. The normalized spacial score (nSPS) is 16.0. The lowest BCUT2D eigenvalue weighted by molar-refractivity contribution is -0.137. The van der Waals surface area contributed by atoms with Gasteiger partial charge in [-0.05, 0) is 43.7 Å². The van der Waals surface area contributed by atoms with Gasteiger partial charge in [0.15, 0.2) is 6.10 Å². The summed E-state index contributed by atoms with van der Waals surface area (Å²) in [6, 6.07) is 9.49. The lowest BCUT2D eigenvalue weighted by Gasteiger charge is -2.26. The van der Waals surface area contributed by atoms with Crippen LogP contribution >= 0.6 is 23.2 Å². The number of oxime groups is 1. The fourth-order valence-electron chi connectivity index (χ4n) is 3.24. The Hall–Kier alpha value is -2.45. The number of carbonyl (C=O) groups excluding carboxylic acids is 1. The molecule has 0 aromatic heterocycles. The molecule has 1 aliphatic rings. The molecule has 1 aliphatic heterocycles. The molecule has 2 amide bonds. The summed E-state index contributed by atoms with van der Waals surface area (Å²) in [6.07, 6.45) is -4.51. The highest BCUT2D eigenvalue weighted by Crippen LogP contribution is 2.30. The van der Waals surface area contributed by atoms with Gasteiger partial charge in [-0.2, -0.15) is 13.2 Å².